The van der Waals surface area contributed by atoms with Crippen LogP contribution in [0.2, 0.25) is 0 Å². The molecule has 2 aliphatic rings. The Kier molecular flexibility index (Phi) is 1.46. The summed E-state index contributed by atoms with van der Waals surface area (Å²) in [4.78, 5) is 2.53. The quantitative estimate of drug-likeness (QED) is 0.565. The highest BCUT2D eigenvalue weighted by atomic mass is 16.3. The Balaban J connectivity index is 1.89. The van der Waals surface area contributed by atoms with Crippen LogP contribution in [0, 0.1) is 5.92 Å². The Morgan fingerprint density at radius 1 is 1.60 bits per heavy atom. The van der Waals surface area contributed by atoms with Gasteiger partial charge in [0.2, 0.25) is 0 Å². The first-order valence-electron chi connectivity index (χ1n) is 4.19. The molecule has 2 aliphatic heterocycles. The topological polar surface area (TPSA) is 23.2 Å². The summed E-state index contributed by atoms with van der Waals surface area (Å²) >= 11 is 0. The van der Waals surface area contributed by atoms with Crippen LogP contribution in [0.25, 0.3) is 0 Å². The first kappa shape index (κ1) is 6.62. The van der Waals surface area contributed by atoms with Gasteiger partial charge in [0.05, 0.1) is 0 Å². The van der Waals surface area contributed by atoms with Crippen molar-refractivity contribution in [3.8, 4) is 0 Å². The molecule has 2 saturated heterocycles. The molecule has 0 aromatic rings. The molecule has 0 aromatic heterocycles. The second kappa shape index (κ2) is 2.21. The summed E-state index contributed by atoms with van der Waals surface area (Å²) in [5, 5.41) is 8.73. The number of aliphatic hydroxyl groups excluding tert-OH is 1. The van der Waals surface area contributed by atoms with Crippen LogP contribution < -0.4 is 0 Å². The van der Waals surface area contributed by atoms with Gasteiger partial charge in [0.15, 0.2) is 0 Å². The number of hydrogen-bond acceptors (Lipinski definition) is 2. The van der Waals surface area contributed by atoms with Crippen LogP contribution in [0.3, 0.4) is 0 Å². The van der Waals surface area contributed by atoms with Crippen molar-refractivity contribution in [1.29, 1.82) is 0 Å². The molecule has 2 nitrogen and oxygen atoms in total. The minimum atomic E-state index is 0.377. The van der Waals surface area contributed by atoms with Crippen LogP contribution >= 0.6 is 0 Å². The molecular formula is C8H15NO. The summed E-state index contributed by atoms with van der Waals surface area (Å²) in [6.45, 7) is 3.96. The van der Waals surface area contributed by atoms with E-state index in [9.17, 15) is 0 Å². The van der Waals surface area contributed by atoms with Gasteiger partial charge in [0.1, 0.15) is 0 Å². The second-order valence-corrected chi connectivity index (χ2v) is 3.62. The SMILES string of the molecule is C[C@H]1CC(CCO)C2CN21. The normalized spacial score (nSPS) is 51.0. The zero-order valence-electron chi connectivity index (χ0n) is 6.45. The molecule has 10 heavy (non-hydrogen) atoms. The first-order valence-corrected chi connectivity index (χ1v) is 4.19. The van der Waals surface area contributed by atoms with Crippen LogP contribution in [0.1, 0.15) is 19.8 Å². The average Bonchev–Trinajstić information content (AvgIpc) is 2.59. The molecule has 0 amide bonds. The molecule has 2 heterocycles. The smallest absolute Gasteiger partial charge is 0.0434 e. The number of nitrogens with zero attached hydrogens (tertiary/aromatic N) is 1. The highest BCUT2D eigenvalue weighted by Crippen LogP contribution is 2.41. The van der Waals surface area contributed by atoms with Crippen LogP contribution in [0.15, 0.2) is 0 Å². The highest BCUT2D eigenvalue weighted by molar-refractivity contribution is 5.04. The minimum absolute atomic E-state index is 0.377. The Labute approximate surface area is 61.8 Å². The fraction of sp³-hybridized carbons (Fsp3) is 1.00. The molecule has 0 spiro atoms. The van der Waals surface area contributed by atoms with Crippen molar-refractivity contribution in [2.24, 2.45) is 5.92 Å². The Morgan fingerprint density at radius 2 is 2.40 bits per heavy atom. The summed E-state index contributed by atoms with van der Waals surface area (Å²) in [5.41, 5.74) is 0. The third-order valence-corrected chi connectivity index (χ3v) is 2.94. The predicted molar refractivity (Wildman–Crippen MR) is 39.8 cm³/mol. The summed E-state index contributed by atoms with van der Waals surface area (Å²) in [6, 6.07) is 1.64. The van der Waals surface area contributed by atoms with Crippen LogP contribution in [-0.4, -0.2) is 35.2 Å². The molecule has 0 radical (unpaired) electrons. The maximum Gasteiger partial charge on any atom is 0.0434 e. The van der Waals surface area contributed by atoms with E-state index in [0.29, 0.717) is 6.61 Å². The lowest BCUT2D eigenvalue weighted by molar-refractivity contribution is 0.257. The lowest BCUT2D eigenvalue weighted by atomic mass is 9.97. The molecule has 2 rings (SSSR count). The maximum absolute atomic E-state index is 8.73. The van der Waals surface area contributed by atoms with E-state index in [1.807, 2.05) is 0 Å². The largest absolute Gasteiger partial charge is 0.396 e. The third-order valence-electron chi connectivity index (χ3n) is 2.94. The van der Waals surface area contributed by atoms with Crippen molar-refractivity contribution in [2.75, 3.05) is 13.2 Å². The fourth-order valence-electron chi connectivity index (χ4n) is 2.30. The van der Waals surface area contributed by atoms with Crippen LogP contribution in [0.4, 0.5) is 0 Å². The van der Waals surface area contributed by atoms with Gasteiger partial charge in [-0.05, 0) is 25.7 Å². The molecule has 2 heteroatoms. The van der Waals surface area contributed by atoms with Gasteiger partial charge in [0.25, 0.3) is 0 Å². The number of aliphatic hydroxyl groups is 1. The van der Waals surface area contributed by atoms with Crippen molar-refractivity contribution < 1.29 is 5.11 Å². The van der Waals surface area contributed by atoms with Crippen molar-refractivity contribution in [3.63, 3.8) is 0 Å². The molecule has 4 atom stereocenters. The summed E-state index contributed by atoms with van der Waals surface area (Å²) in [7, 11) is 0. The van der Waals surface area contributed by atoms with Gasteiger partial charge >= 0.3 is 0 Å². The first-order chi connectivity index (χ1) is 4.83. The van der Waals surface area contributed by atoms with Crippen molar-refractivity contribution in [2.45, 2.75) is 31.8 Å². The highest BCUT2D eigenvalue weighted by Gasteiger charge is 2.49. The monoisotopic (exact) mass is 141 g/mol. The number of hydrogen-bond donors (Lipinski definition) is 1. The number of piperidine rings is 1. The van der Waals surface area contributed by atoms with Crippen LogP contribution in [0.5, 0.6) is 0 Å². The Hall–Kier alpha value is -0.0800. The summed E-state index contributed by atoms with van der Waals surface area (Å²) < 4.78 is 0. The number of fused-ring (bicyclic) bond motifs is 1. The summed E-state index contributed by atoms with van der Waals surface area (Å²) in [5.74, 6) is 0.806. The van der Waals surface area contributed by atoms with E-state index < -0.39 is 0 Å². The molecule has 0 aromatic carbocycles. The fourth-order valence-corrected chi connectivity index (χ4v) is 2.30. The minimum Gasteiger partial charge on any atom is -0.396 e. The maximum atomic E-state index is 8.73. The molecule has 0 bridgehead atoms. The second-order valence-electron chi connectivity index (χ2n) is 3.62. The molecule has 58 valence electrons. The van der Waals surface area contributed by atoms with E-state index in [4.69, 9.17) is 5.11 Å². The molecule has 3 unspecified atom stereocenters. The van der Waals surface area contributed by atoms with Gasteiger partial charge in [-0.1, -0.05) is 0 Å². The van der Waals surface area contributed by atoms with E-state index in [1.54, 1.807) is 0 Å². The van der Waals surface area contributed by atoms with E-state index in [2.05, 4.69) is 11.8 Å². The van der Waals surface area contributed by atoms with Crippen LogP contribution in [-0.2, 0) is 0 Å². The number of rotatable bonds is 2. The zero-order chi connectivity index (χ0) is 7.14. The van der Waals surface area contributed by atoms with Crippen molar-refractivity contribution in [1.82, 2.24) is 4.90 Å². The van der Waals surface area contributed by atoms with Gasteiger partial charge in [-0.3, -0.25) is 4.90 Å². The van der Waals surface area contributed by atoms with Crippen molar-refractivity contribution in [3.05, 3.63) is 0 Å². The van der Waals surface area contributed by atoms with Crippen molar-refractivity contribution >= 4 is 0 Å². The average molecular weight is 141 g/mol. The van der Waals surface area contributed by atoms with Gasteiger partial charge < -0.3 is 5.11 Å². The van der Waals surface area contributed by atoms with Gasteiger partial charge in [-0.25, -0.2) is 0 Å². The van der Waals surface area contributed by atoms with E-state index in [1.165, 1.54) is 13.0 Å². The standard InChI is InChI=1S/C8H15NO/c1-6-4-7(2-3-10)8-5-9(6)8/h6-8,10H,2-5H2,1H3/t6-,7?,8?,9?/m0/s1. The summed E-state index contributed by atoms with van der Waals surface area (Å²) in [6.07, 6.45) is 2.33. The van der Waals surface area contributed by atoms with Gasteiger partial charge in [0, 0.05) is 25.2 Å². The zero-order valence-corrected chi connectivity index (χ0v) is 6.45. The molecule has 1 N–H and O–H groups in total. The van der Waals surface area contributed by atoms with E-state index >= 15 is 0 Å². The van der Waals surface area contributed by atoms with E-state index in [-0.39, 0.29) is 0 Å². The lowest BCUT2D eigenvalue weighted by Gasteiger charge is -2.09. The lowest BCUT2D eigenvalue weighted by Crippen LogP contribution is -2.11. The third kappa shape index (κ3) is 0.867. The Morgan fingerprint density at radius 3 is 2.80 bits per heavy atom. The molecule has 0 aliphatic carbocycles. The predicted octanol–water partition coefficient (Wildman–Crippen LogP) is 0.461. The molecule has 0 saturated carbocycles. The Bertz CT molecular complexity index is 137. The molecule has 2 fully saturated rings. The van der Waals surface area contributed by atoms with Gasteiger partial charge in [-0.15, -0.1) is 0 Å². The molecular weight excluding hydrogens is 126 g/mol. The van der Waals surface area contributed by atoms with Gasteiger partial charge in [-0.2, -0.15) is 0 Å². The van der Waals surface area contributed by atoms with E-state index in [0.717, 1.165) is 24.4 Å².